The van der Waals surface area contributed by atoms with E-state index in [0.717, 1.165) is 0 Å². The number of nitrogens with zero attached hydrogens (tertiary/aromatic N) is 2. The zero-order chi connectivity index (χ0) is 12.0. The number of hydrazine groups is 1. The van der Waals surface area contributed by atoms with E-state index in [0.29, 0.717) is 16.7 Å². The van der Waals surface area contributed by atoms with Crippen LogP contribution in [0.2, 0.25) is 5.15 Å². The van der Waals surface area contributed by atoms with E-state index in [1.807, 2.05) is 0 Å². The second-order valence-electron chi connectivity index (χ2n) is 2.95. The van der Waals surface area contributed by atoms with Crippen LogP contribution in [0.15, 0.2) is 23.9 Å². The van der Waals surface area contributed by atoms with Crippen molar-refractivity contribution in [3.05, 3.63) is 29.1 Å². The molecule has 0 atom stereocenters. The van der Waals surface area contributed by atoms with Crippen LogP contribution < -0.4 is 16.0 Å². The summed E-state index contributed by atoms with van der Waals surface area (Å²) in [4.78, 5) is 10.2. The minimum atomic E-state index is -1.13. The SMILES string of the molecule is CC(=CCC(=O)[O-])NNc1ccc(Cl)nn1. The zero-order valence-electron chi connectivity index (χ0n) is 8.53. The molecule has 7 heteroatoms. The second-order valence-corrected chi connectivity index (χ2v) is 3.34. The third-order valence-corrected chi connectivity index (χ3v) is 1.80. The summed E-state index contributed by atoms with van der Waals surface area (Å²) in [7, 11) is 0. The molecule has 0 spiro atoms. The first kappa shape index (κ1) is 12.3. The molecular formula is C9H10ClN4O2-. The van der Waals surface area contributed by atoms with Gasteiger partial charge in [-0.2, -0.15) is 0 Å². The molecule has 0 aliphatic carbocycles. The minimum absolute atomic E-state index is 0.146. The molecule has 0 bridgehead atoms. The van der Waals surface area contributed by atoms with E-state index in [-0.39, 0.29) is 6.42 Å². The fourth-order valence-corrected chi connectivity index (χ4v) is 0.934. The van der Waals surface area contributed by atoms with Gasteiger partial charge in [0.1, 0.15) is 0 Å². The van der Waals surface area contributed by atoms with E-state index in [1.165, 1.54) is 6.08 Å². The quantitative estimate of drug-likeness (QED) is 0.710. The second kappa shape index (κ2) is 5.92. The summed E-state index contributed by atoms with van der Waals surface area (Å²) in [5, 5.41) is 17.8. The Morgan fingerprint density at radius 3 is 2.88 bits per heavy atom. The van der Waals surface area contributed by atoms with Crippen molar-refractivity contribution < 1.29 is 9.90 Å². The molecule has 0 radical (unpaired) electrons. The van der Waals surface area contributed by atoms with Crippen LogP contribution in [0.4, 0.5) is 5.82 Å². The Labute approximate surface area is 97.3 Å². The Morgan fingerprint density at radius 1 is 1.56 bits per heavy atom. The predicted molar refractivity (Wildman–Crippen MR) is 57.2 cm³/mol. The van der Waals surface area contributed by atoms with E-state index in [9.17, 15) is 9.90 Å². The van der Waals surface area contributed by atoms with Gasteiger partial charge >= 0.3 is 0 Å². The highest BCUT2D eigenvalue weighted by Gasteiger charge is 1.94. The van der Waals surface area contributed by atoms with E-state index in [1.54, 1.807) is 19.1 Å². The molecular weight excluding hydrogens is 232 g/mol. The van der Waals surface area contributed by atoms with Crippen molar-refractivity contribution in [3.63, 3.8) is 0 Å². The van der Waals surface area contributed by atoms with Crippen molar-refractivity contribution in [2.24, 2.45) is 0 Å². The Hall–Kier alpha value is -1.82. The van der Waals surface area contributed by atoms with Crippen molar-refractivity contribution in [2.75, 3.05) is 5.43 Å². The van der Waals surface area contributed by atoms with Crippen LogP contribution in [0.25, 0.3) is 0 Å². The molecule has 1 heterocycles. The Balaban J connectivity index is 2.42. The number of carboxylic acids is 1. The van der Waals surface area contributed by atoms with Gasteiger partial charge in [-0.05, 0) is 19.1 Å². The number of aromatic nitrogens is 2. The number of aliphatic carboxylic acids is 1. The van der Waals surface area contributed by atoms with E-state index in [4.69, 9.17) is 11.6 Å². The normalized spacial score (nSPS) is 11.0. The fourth-order valence-electron chi connectivity index (χ4n) is 0.833. The molecule has 0 aliphatic heterocycles. The number of anilines is 1. The van der Waals surface area contributed by atoms with Gasteiger partial charge in [0.2, 0.25) is 0 Å². The van der Waals surface area contributed by atoms with Crippen LogP contribution in [0, 0.1) is 0 Å². The van der Waals surface area contributed by atoms with Gasteiger partial charge in [0.05, 0.1) is 0 Å². The lowest BCUT2D eigenvalue weighted by Gasteiger charge is -2.08. The fraction of sp³-hybridized carbons (Fsp3) is 0.222. The highest BCUT2D eigenvalue weighted by molar-refractivity contribution is 6.29. The molecule has 0 aliphatic rings. The van der Waals surface area contributed by atoms with E-state index < -0.39 is 5.97 Å². The molecule has 0 saturated carbocycles. The Kier molecular flexibility index (Phi) is 4.53. The van der Waals surface area contributed by atoms with Gasteiger partial charge in [0.15, 0.2) is 11.0 Å². The number of hydrogen-bond donors (Lipinski definition) is 2. The van der Waals surface area contributed by atoms with Crippen molar-refractivity contribution in [2.45, 2.75) is 13.3 Å². The van der Waals surface area contributed by atoms with Crippen LogP contribution >= 0.6 is 11.6 Å². The smallest absolute Gasteiger partial charge is 0.167 e. The lowest BCUT2D eigenvalue weighted by molar-refractivity contribution is -0.304. The first-order valence-electron chi connectivity index (χ1n) is 4.46. The highest BCUT2D eigenvalue weighted by Crippen LogP contribution is 2.05. The van der Waals surface area contributed by atoms with Crippen molar-refractivity contribution in [1.29, 1.82) is 0 Å². The summed E-state index contributed by atoms with van der Waals surface area (Å²) in [6.07, 6.45) is 1.33. The molecule has 0 amide bonds. The molecule has 1 aromatic heterocycles. The number of nitrogens with one attached hydrogen (secondary N) is 2. The van der Waals surface area contributed by atoms with Crippen LogP contribution in [-0.2, 0) is 4.79 Å². The molecule has 1 aromatic rings. The number of carboxylic acid groups (broad SMARTS) is 1. The van der Waals surface area contributed by atoms with Crippen LogP contribution in [-0.4, -0.2) is 16.2 Å². The maximum Gasteiger partial charge on any atom is 0.167 e. The van der Waals surface area contributed by atoms with Crippen molar-refractivity contribution >= 4 is 23.4 Å². The molecule has 0 fully saturated rings. The number of halogens is 1. The summed E-state index contributed by atoms with van der Waals surface area (Å²) in [6.45, 7) is 1.71. The molecule has 86 valence electrons. The van der Waals surface area contributed by atoms with Gasteiger partial charge in [-0.25, -0.2) is 0 Å². The topological polar surface area (TPSA) is 90.0 Å². The summed E-state index contributed by atoms with van der Waals surface area (Å²) < 4.78 is 0. The summed E-state index contributed by atoms with van der Waals surface area (Å²) in [5.74, 6) is -0.655. The maximum atomic E-state index is 10.2. The monoisotopic (exact) mass is 241 g/mol. The standard InChI is InChI=1S/C9H11ClN4O2/c1-6(2-5-9(15)16)11-13-8-4-3-7(10)12-14-8/h2-4,11H,5H2,1H3,(H,13,14)(H,15,16)/p-1. The van der Waals surface area contributed by atoms with Crippen molar-refractivity contribution in [1.82, 2.24) is 15.6 Å². The van der Waals surface area contributed by atoms with Gasteiger partial charge in [-0.15, -0.1) is 10.2 Å². The lowest BCUT2D eigenvalue weighted by atomic mass is 10.3. The highest BCUT2D eigenvalue weighted by atomic mass is 35.5. The van der Waals surface area contributed by atoms with Gasteiger partial charge in [0, 0.05) is 18.1 Å². The van der Waals surface area contributed by atoms with E-state index in [2.05, 4.69) is 21.0 Å². The molecule has 16 heavy (non-hydrogen) atoms. The predicted octanol–water partition coefficient (Wildman–Crippen LogP) is 0.0903. The van der Waals surface area contributed by atoms with E-state index >= 15 is 0 Å². The zero-order valence-corrected chi connectivity index (χ0v) is 9.28. The Bertz CT molecular complexity index is 391. The molecule has 0 unspecified atom stereocenters. The number of carbonyl (C=O) groups is 1. The molecule has 0 saturated heterocycles. The summed E-state index contributed by atoms with van der Waals surface area (Å²) >= 11 is 5.55. The van der Waals surface area contributed by atoms with Gasteiger partial charge < -0.3 is 15.3 Å². The Morgan fingerprint density at radius 2 is 2.31 bits per heavy atom. The van der Waals surface area contributed by atoms with Gasteiger partial charge in [-0.3, -0.25) is 5.43 Å². The number of allylic oxidation sites excluding steroid dienone is 1. The average molecular weight is 242 g/mol. The maximum absolute atomic E-state index is 10.2. The minimum Gasteiger partial charge on any atom is -0.550 e. The average Bonchev–Trinajstić information content (AvgIpc) is 2.25. The number of hydrogen-bond acceptors (Lipinski definition) is 6. The third kappa shape index (κ3) is 4.61. The largest absolute Gasteiger partial charge is 0.550 e. The first-order valence-corrected chi connectivity index (χ1v) is 4.83. The number of carbonyl (C=O) groups excluding carboxylic acids is 1. The van der Waals surface area contributed by atoms with Crippen LogP contribution in [0.1, 0.15) is 13.3 Å². The van der Waals surface area contributed by atoms with Crippen LogP contribution in [0.5, 0.6) is 0 Å². The van der Waals surface area contributed by atoms with Crippen molar-refractivity contribution in [3.8, 4) is 0 Å². The lowest BCUT2D eigenvalue weighted by Crippen LogP contribution is -2.23. The van der Waals surface area contributed by atoms with Gasteiger partial charge in [-0.1, -0.05) is 17.7 Å². The van der Waals surface area contributed by atoms with Crippen LogP contribution in [0.3, 0.4) is 0 Å². The third-order valence-electron chi connectivity index (χ3n) is 1.59. The van der Waals surface area contributed by atoms with Gasteiger partial charge in [0.25, 0.3) is 0 Å². The number of rotatable bonds is 5. The molecule has 2 N–H and O–H groups in total. The molecule has 6 nitrogen and oxygen atoms in total. The molecule has 0 aromatic carbocycles. The summed E-state index contributed by atoms with van der Waals surface area (Å²) in [5.41, 5.74) is 6.12. The first-order chi connectivity index (χ1) is 7.58. The summed E-state index contributed by atoms with van der Waals surface area (Å²) in [6, 6.07) is 3.22. The molecule has 1 rings (SSSR count).